The normalized spacial score (nSPS) is 10.1. The van der Waals surface area contributed by atoms with Gasteiger partial charge in [0.05, 0.1) is 0 Å². The number of hydrogen-bond donors (Lipinski definition) is 1. The third-order valence-electron chi connectivity index (χ3n) is 3.15. The SMILES string of the molecule is Cc1cccc(NC(=O)COC(=O)COc2ccc(Cl)c(C)c2)c1. The molecular formula is C18H18ClNO4. The van der Waals surface area contributed by atoms with Crippen LogP contribution in [0.3, 0.4) is 0 Å². The van der Waals surface area contributed by atoms with Crippen LogP contribution in [0.25, 0.3) is 0 Å². The molecule has 2 aromatic carbocycles. The highest BCUT2D eigenvalue weighted by atomic mass is 35.5. The largest absolute Gasteiger partial charge is 0.482 e. The van der Waals surface area contributed by atoms with E-state index in [-0.39, 0.29) is 13.2 Å². The maximum Gasteiger partial charge on any atom is 0.344 e. The van der Waals surface area contributed by atoms with Gasteiger partial charge < -0.3 is 14.8 Å². The van der Waals surface area contributed by atoms with E-state index >= 15 is 0 Å². The smallest absolute Gasteiger partial charge is 0.344 e. The Morgan fingerprint density at radius 3 is 2.58 bits per heavy atom. The number of nitrogens with one attached hydrogen (secondary N) is 1. The molecule has 2 aromatic rings. The Morgan fingerprint density at radius 1 is 1.08 bits per heavy atom. The first-order chi connectivity index (χ1) is 11.4. The van der Waals surface area contributed by atoms with Crippen molar-refractivity contribution in [3.63, 3.8) is 0 Å². The van der Waals surface area contributed by atoms with Crippen molar-refractivity contribution in [2.24, 2.45) is 0 Å². The fraction of sp³-hybridized carbons (Fsp3) is 0.222. The van der Waals surface area contributed by atoms with Crippen LogP contribution >= 0.6 is 11.6 Å². The minimum absolute atomic E-state index is 0.279. The highest BCUT2D eigenvalue weighted by Gasteiger charge is 2.09. The molecule has 0 aromatic heterocycles. The van der Waals surface area contributed by atoms with Crippen LogP contribution in [0.5, 0.6) is 5.75 Å². The molecule has 0 aliphatic carbocycles. The molecule has 0 radical (unpaired) electrons. The first-order valence-corrected chi connectivity index (χ1v) is 7.73. The minimum atomic E-state index is -0.623. The predicted octanol–water partition coefficient (Wildman–Crippen LogP) is 3.52. The number of rotatable bonds is 6. The van der Waals surface area contributed by atoms with Gasteiger partial charge in [0.15, 0.2) is 13.2 Å². The van der Waals surface area contributed by atoms with Crippen LogP contribution in [0.2, 0.25) is 5.02 Å². The fourth-order valence-electron chi connectivity index (χ4n) is 1.96. The maximum atomic E-state index is 11.7. The van der Waals surface area contributed by atoms with Crippen LogP contribution in [-0.4, -0.2) is 25.1 Å². The van der Waals surface area contributed by atoms with E-state index < -0.39 is 11.9 Å². The number of carbonyl (C=O) groups excluding carboxylic acids is 2. The lowest BCUT2D eigenvalue weighted by Gasteiger charge is -2.09. The third-order valence-corrected chi connectivity index (χ3v) is 3.58. The molecule has 5 nitrogen and oxygen atoms in total. The van der Waals surface area contributed by atoms with Crippen molar-refractivity contribution in [2.45, 2.75) is 13.8 Å². The molecule has 0 fully saturated rings. The van der Waals surface area contributed by atoms with Gasteiger partial charge in [-0.3, -0.25) is 4.79 Å². The average Bonchev–Trinajstić information content (AvgIpc) is 2.54. The minimum Gasteiger partial charge on any atom is -0.482 e. The molecule has 0 saturated carbocycles. The lowest BCUT2D eigenvalue weighted by Crippen LogP contribution is -2.23. The van der Waals surface area contributed by atoms with Crippen molar-refractivity contribution in [1.82, 2.24) is 0 Å². The van der Waals surface area contributed by atoms with Gasteiger partial charge in [0.25, 0.3) is 5.91 Å². The zero-order valence-corrected chi connectivity index (χ0v) is 14.2. The molecule has 2 rings (SSSR count). The standard InChI is InChI=1S/C18H18ClNO4/c1-12-4-3-5-14(8-12)20-17(21)10-24-18(22)11-23-15-6-7-16(19)13(2)9-15/h3-9H,10-11H2,1-2H3,(H,20,21). The van der Waals surface area contributed by atoms with Gasteiger partial charge in [-0.15, -0.1) is 0 Å². The van der Waals surface area contributed by atoms with Crippen molar-refractivity contribution < 1.29 is 19.1 Å². The summed E-state index contributed by atoms with van der Waals surface area (Å²) in [6.07, 6.45) is 0. The van der Waals surface area contributed by atoms with Gasteiger partial charge in [0.2, 0.25) is 0 Å². The van der Waals surface area contributed by atoms with Crippen molar-refractivity contribution in [2.75, 3.05) is 18.5 Å². The Hall–Kier alpha value is -2.53. The fourth-order valence-corrected chi connectivity index (χ4v) is 2.07. The highest BCUT2D eigenvalue weighted by molar-refractivity contribution is 6.31. The van der Waals surface area contributed by atoms with E-state index in [0.717, 1.165) is 11.1 Å². The summed E-state index contributed by atoms with van der Waals surface area (Å²) in [5, 5.41) is 3.28. The van der Waals surface area contributed by atoms with Gasteiger partial charge in [-0.25, -0.2) is 4.79 Å². The van der Waals surface area contributed by atoms with Crippen molar-refractivity contribution >= 4 is 29.2 Å². The van der Waals surface area contributed by atoms with E-state index in [0.29, 0.717) is 16.5 Å². The second-order valence-electron chi connectivity index (χ2n) is 5.28. The number of halogens is 1. The van der Waals surface area contributed by atoms with Crippen LogP contribution in [0.15, 0.2) is 42.5 Å². The van der Waals surface area contributed by atoms with Gasteiger partial charge in [0.1, 0.15) is 5.75 Å². The molecule has 24 heavy (non-hydrogen) atoms. The number of anilines is 1. The number of ether oxygens (including phenoxy) is 2. The van der Waals surface area contributed by atoms with Crippen molar-refractivity contribution in [3.05, 3.63) is 58.6 Å². The van der Waals surface area contributed by atoms with Gasteiger partial charge in [0, 0.05) is 10.7 Å². The number of carbonyl (C=O) groups is 2. The van der Waals surface area contributed by atoms with E-state index in [1.165, 1.54) is 0 Å². The topological polar surface area (TPSA) is 64.6 Å². The molecule has 1 amide bonds. The second kappa shape index (κ2) is 8.36. The lowest BCUT2D eigenvalue weighted by atomic mass is 10.2. The number of esters is 1. The van der Waals surface area contributed by atoms with E-state index in [4.69, 9.17) is 21.1 Å². The molecular weight excluding hydrogens is 330 g/mol. The summed E-state index contributed by atoms with van der Waals surface area (Å²) in [4.78, 5) is 23.4. The lowest BCUT2D eigenvalue weighted by molar-refractivity contribution is -0.149. The summed E-state index contributed by atoms with van der Waals surface area (Å²) < 4.78 is 10.2. The zero-order chi connectivity index (χ0) is 17.5. The van der Waals surface area contributed by atoms with Crippen LogP contribution in [0.1, 0.15) is 11.1 Å². The summed E-state index contributed by atoms with van der Waals surface area (Å²) in [5.41, 5.74) is 2.53. The van der Waals surface area contributed by atoms with Gasteiger partial charge in [-0.05, 0) is 55.3 Å². The molecule has 126 valence electrons. The molecule has 0 aliphatic rings. The quantitative estimate of drug-likeness (QED) is 0.812. The maximum absolute atomic E-state index is 11.7. The summed E-state index contributed by atoms with van der Waals surface area (Å²) in [6.45, 7) is 3.11. The summed E-state index contributed by atoms with van der Waals surface area (Å²) in [6, 6.07) is 12.4. The zero-order valence-electron chi connectivity index (χ0n) is 13.5. The number of amides is 1. The monoisotopic (exact) mass is 347 g/mol. The molecule has 0 aliphatic heterocycles. The molecule has 0 saturated heterocycles. The van der Waals surface area contributed by atoms with Crippen LogP contribution in [0.4, 0.5) is 5.69 Å². The van der Waals surface area contributed by atoms with Crippen LogP contribution in [0, 0.1) is 13.8 Å². The van der Waals surface area contributed by atoms with E-state index in [1.807, 2.05) is 32.0 Å². The van der Waals surface area contributed by atoms with Crippen molar-refractivity contribution in [3.8, 4) is 5.75 Å². The van der Waals surface area contributed by atoms with E-state index in [9.17, 15) is 9.59 Å². The molecule has 0 heterocycles. The molecule has 0 spiro atoms. The van der Waals surface area contributed by atoms with Gasteiger partial charge in [-0.1, -0.05) is 23.7 Å². The summed E-state index contributed by atoms with van der Waals surface area (Å²) >= 11 is 5.91. The van der Waals surface area contributed by atoms with Crippen molar-refractivity contribution in [1.29, 1.82) is 0 Å². The molecule has 6 heteroatoms. The van der Waals surface area contributed by atoms with Crippen LogP contribution < -0.4 is 10.1 Å². The van der Waals surface area contributed by atoms with Crippen LogP contribution in [-0.2, 0) is 14.3 Å². The Kier molecular flexibility index (Phi) is 6.21. The first kappa shape index (κ1) is 17.8. The third kappa shape index (κ3) is 5.59. The highest BCUT2D eigenvalue weighted by Crippen LogP contribution is 2.20. The average molecular weight is 348 g/mol. The van der Waals surface area contributed by atoms with Gasteiger partial charge in [-0.2, -0.15) is 0 Å². The Morgan fingerprint density at radius 2 is 1.88 bits per heavy atom. The molecule has 0 atom stereocenters. The Labute approximate surface area is 145 Å². The van der Waals surface area contributed by atoms with E-state index in [2.05, 4.69) is 5.32 Å². The second-order valence-corrected chi connectivity index (χ2v) is 5.69. The molecule has 1 N–H and O–H groups in total. The van der Waals surface area contributed by atoms with E-state index in [1.54, 1.807) is 24.3 Å². The Balaban J connectivity index is 1.74. The van der Waals surface area contributed by atoms with Gasteiger partial charge >= 0.3 is 5.97 Å². The Bertz CT molecular complexity index is 746. The number of benzene rings is 2. The molecule has 0 unspecified atom stereocenters. The summed E-state index contributed by atoms with van der Waals surface area (Å²) in [7, 11) is 0. The molecule has 0 bridgehead atoms. The first-order valence-electron chi connectivity index (χ1n) is 7.35. The number of aryl methyl sites for hydroxylation is 2. The predicted molar refractivity (Wildman–Crippen MR) is 92.5 cm³/mol. The number of hydrogen-bond acceptors (Lipinski definition) is 4. The summed E-state index contributed by atoms with van der Waals surface area (Å²) in [5.74, 6) is -0.517.